The second-order valence-corrected chi connectivity index (χ2v) is 5.28. The van der Waals surface area contributed by atoms with E-state index < -0.39 is 0 Å². The summed E-state index contributed by atoms with van der Waals surface area (Å²) in [6, 6.07) is 8.78. The summed E-state index contributed by atoms with van der Waals surface area (Å²) in [6.07, 6.45) is 0.807. The Kier molecular flexibility index (Phi) is 7.19. The smallest absolute Gasteiger partial charge is 0.0449 e. The van der Waals surface area contributed by atoms with Crippen molar-refractivity contribution in [1.29, 1.82) is 0 Å². The van der Waals surface area contributed by atoms with E-state index in [4.69, 9.17) is 0 Å². The number of nitrogens with one attached hydrogen (secondary N) is 1. The molecule has 0 bridgehead atoms. The van der Waals surface area contributed by atoms with Crippen LogP contribution in [0.1, 0.15) is 18.0 Å². The molecule has 5 heteroatoms. The Bertz CT molecular complexity index is 341. The third-order valence-corrected chi connectivity index (χ3v) is 3.78. The second kappa shape index (κ2) is 8.12. The first-order valence-corrected chi connectivity index (χ1v) is 6.91. The molecule has 0 amide bonds. The molecule has 0 unspecified atom stereocenters. The van der Waals surface area contributed by atoms with E-state index in [1.54, 1.807) is 0 Å². The quantitative estimate of drug-likeness (QED) is 0.885. The molecule has 1 heterocycles. The van der Waals surface area contributed by atoms with Crippen LogP contribution < -0.4 is 5.32 Å². The molecule has 1 saturated heterocycles. The molecule has 18 heavy (non-hydrogen) atoms. The van der Waals surface area contributed by atoms with Gasteiger partial charge in [-0.15, -0.1) is 12.4 Å². The van der Waals surface area contributed by atoms with E-state index in [0.717, 1.165) is 37.1 Å². The van der Waals surface area contributed by atoms with Gasteiger partial charge in [0.2, 0.25) is 0 Å². The maximum absolute atomic E-state index is 9.23. The molecular weight excluding hydrogens is 316 g/mol. The highest BCUT2D eigenvalue weighted by molar-refractivity contribution is 9.10. The van der Waals surface area contributed by atoms with Crippen LogP contribution in [-0.2, 0) is 0 Å². The summed E-state index contributed by atoms with van der Waals surface area (Å²) in [7, 11) is 0. The number of nitrogens with zero attached hydrogens (tertiary/aromatic N) is 1. The van der Waals surface area contributed by atoms with Gasteiger partial charge >= 0.3 is 0 Å². The van der Waals surface area contributed by atoms with E-state index in [-0.39, 0.29) is 19.0 Å². The average molecular weight is 336 g/mol. The SMILES string of the molecule is Cl.OCC[C@@H](c1ccc(Br)cc1)N1CCNCC1. The predicted molar refractivity (Wildman–Crippen MR) is 80.3 cm³/mol. The number of benzene rings is 1. The number of halogens is 2. The van der Waals surface area contributed by atoms with Gasteiger partial charge in [-0.1, -0.05) is 28.1 Å². The van der Waals surface area contributed by atoms with E-state index in [9.17, 15) is 5.11 Å². The first-order valence-electron chi connectivity index (χ1n) is 6.12. The summed E-state index contributed by atoms with van der Waals surface area (Å²) >= 11 is 3.46. The Balaban J connectivity index is 0.00000162. The van der Waals surface area contributed by atoms with Crippen molar-refractivity contribution in [2.24, 2.45) is 0 Å². The fraction of sp³-hybridized carbons (Fsp3) is 0.538. The Hall–Kier alpha value is -0.130. The number of rotatable bonds is 4. The maximum Gasteiger partial charge on any atom is 0.0449 e. The Morgan fingerprint density at radius 1 is 1.22 bits per heavy atom. The summed E-state index contributed by atoms with van der Waals surface area (Å²) in [4.78, 5) is 2.45. The molecule has 102 valence electrons. The van der Waals surface area contributed by atoms with Gasteiger partial charge in [0.05, 0.1) is 0 Å². The van der Waals surface area contributed by atoms with E-state index in [1.165, 1.54) is 5.56 Å². The van der Waals surface area contributed by atoms with Gasteiger partial charge in [-0.05, 0) is 24.1 Å². The van der Waals surface area contributed by atoms with Crippen LogP contribution in [0.4, 0.5) is 0 Å². The predicted octanol–water partition coefficient (Wildman–Crippen LogP) is 2.20. The molecule has 3 nitrogen and oxygen atoms in total. The number of hydrogen-bond acceptors (Lipinski definition) is 3. The van der Waals surface area contributed by atoms with Crippen LogP contribution in [0.25, 0.3) is 0 Å². The second-order valence-electron chi connectivity index (χ2n) is 4.37. The zero-order chi connectivity index (χ0) is 12.1. The van der Waals surface area contributed by atoms with Crippen LogP contribution in [0.3, 0.4) is 0 Å². The number of piperazine rings is 1. The zero-order valence-electron chi connectivity index (χ0n) is 10.3. The molecule has 1 aromatic carbocycles. The third-order valence-electron chi connectivity index (χ3n) is 3.25. The highest BCUT2D eigenvalue weighted by Crippen LogP contribution is 2.25. The lowest BCUT2D eigenvalue weighted by atomic mass is 10.0. The normalized spacial score (nSPS) is 18.1. The van der Waals surface area contributed by atoms with Crippen molar-refractivity contribution in [2.75, 3.05) is 32.8 Å². The number of aliphatic hydroxyl groups is 1. The van der Waals surface area contributed by atoms with Crippen molar-refractivity contribution >= 4 is 28.3 Å². The van der Waals surface area contributed by atoms with Crippen molar-refractivity contribution < 1.29 is 5.11 Å². The highest BCUT2D eigenvalue weighted by atomic mass is 79.9. The molecule has 0 aromatic heterocycles. The number of aliphatic hydroxyl groups excluding tert-OH is 1. The fourth-order valence-electron chi connectivity index (χ4n) is 2.36. The van der Waals surface area contributed by atoms with Crippen LogP contribution in [0.2, 0.25) is 0 Å². The molecule has 1 atom stereocenters. The van der Waals surface area contributed by atoms with E-state index in [0.29, 0.717) is 6.04 Å². The molecular formula is C13H20BrClN2O. The largest absolute Gasteiger partial charge is 0.396 e. The highest BCUT2D eigenvalue weighted by Gasteiger charge is 2.21. The molecule has 0 spiro atoms. The molecule has 2 N–H and O–H groups in total. The Labute approximate surface area is 123 Å². The minimum Gasteiger partial charge on any atom is -0.396 e. The Morgan fingerprint density at radius 2 is 1.83 bits per heavy atom. The van der Waals surface area contributed by atoms with Gasteiger partial charge in [0.1, 0.15) is 0 Å². The van der Waals surface area contributed by atoms with Crippen molar-refractivity contribution in [2.45, 2.75) is 12.5 Å². The summed E-state index contributed by atoms with van der Waals surface area (Å²) in [5, 5.41) is 12.6. The topological polar surface area (TPSA) is 35.5 Å². The van der Waals surface area contributed by atoms with Crippen molar-refractivity contribution in [3.63, 3.8) is 0 Å². The van der Waals surface area contributed by atoms with Crippen molar-refractivity contribution in [3.8, 4) is 0 Å². The number of hydrogen-bond donors (Lipinski definition) is 2. The molecule has 1 aliphatic rings. The third kappa shape index (κ3) is 4.21. The molecule has 1 aromatic rings. The summed E-state index contributed by atoms with van der Waals surface area (Å²) in [5.41, 5.74) is 1.30. The lowest BCUT2D eigenvalue weighted by molar-refractivity contribution is 0.141. The average Bonchev–Trinajstić information content (AvgIpc) is 2.38. The summed E-state index contributed by atoms with van der Waals surface area (Å²) in [5.74, 6) is 0. The van der Waals surface area contributed by atoms with Crippen LogP contribution in [0, 0.1) is 0 Å². The van der Waals surface area contributed by atoms with E-state index >= 15 is 0 Å². The van der Waals surface area contributed by atoms with Crippen molar-refractivity contribution in [3.05, 3.63) is 34.3 Å². The van der Waals surface area contributed by atoms with Crippen LogP contribution in [0.5, 0.6) is 0 Å². The fourth-order valence-corrected chi connectivity index (χ4v) is 2.63. The van der Waals surface area contributed by atoms with Gasteiger partial charge in [0.25, 0.3) is 0 Å². The monoisotopic (exact) mass is 334 g/mol. The van der Waals surface area contributed by atoms with Gasteiger partial charge in [-0.3, -0.25) is 4.90 Å². The molecule has 0 saturated carbocycles. The molecule has 2 rings (SSSR count). The van der Waals surface area contributed by atoms with Gasteiger partial charge in [0, 0.05) is 43.3 Å². The summed E-state index contributed by atoms with van der Waals surface area (Å²) in [6.45, 7) is 4.43. The molecule has 0 radical (unpaired) electrons. The van der Waals surface area contributed by atoms with Gasteiger partial charge in [-0.2, -0.15) is 0 Å². The van der Waals surface area contributed by atoms with Gasteiger partial charge < -0.3 is 10.4 Å². The zero-order valence-corrected chi connectivity index (χ0v) is 12.7. The first kappa shape index (κ1) is 15.9. The lowest BCUT2D eigenvalue weighted by Gasteiger charge is -2.35. The maximum atomic E-state index is 9.23. The van der Waals surface area contributed by atoms with Crippen molar-refractivity contribution in [1.82, 2.24) is 10.2 Å². The standard InChI is InChI=1S/C13H19BrN2O.ClH/c14-12-3-1-11(2-4-12)13(5-10-17)16-8-6-15-7-9-16;/h1-4,13,15,17H,5-10H2;1H/t13-;/m0./s1. The van der Waals surface area contributed by atoms with Crippen LogP contribution in [0.15, 0.2) is 28.7 Å². The minimum atomic E-state index is 0. The molecule has 1 fully saturated rings. The minimum absolute atomic E-state index is 0. The van der Waals surface area contributed by atoms with Crippen LogP contribution >= 0.6 is 28.3 Å². The van der Waals surface area contributed by atoms with Gasteiger partial charge in [0.15, 0.2) is 0 Å². The molecule has 0 aliphatic carbocycles. The van der Waals surface area contributed by atoms with Crippen LogP contribution in [-0.4, -0.2) is 42.8 Å². The molecule has 1 aliphatic heterocycles. The Morgan fingerprint density at radius 3 is 2.39 bits per heavy atom. The van der Waals surface area contributed by atoms with E-state index in [1.807, 2.05) is 0 Å². The van der Waals surface area contributed by atoms with Gasteiger partial charge in [-0.25, -0.2) is 0 Å². The van der Waals surface area contributed by atoms with E-state index in [2.05, 4.69) is 50.4 Å². The summed E-state index contributed by atoms with van der Waals surface area (Å²) < 4.78 is 1.10. The lowest BCUT2D eigenvalue weighted by Crippen LogP contribution is -2.45. The first-order chi connectivity index (χ1) is 8.31.